The van der Waals surface area contributed by atoms with Gasteiger partial charge in [-0.1, -0.05) is 11.6 Å². The second-order valence-corrected chi connectivity index (χ2v) is 4.17. The van der Waals surface area contributed by atoms with Crippen molar-refractivity contribution in [3.05, 3.63) is 35.2 Å². The molecule has 0 saturated heterocycles. The van der Waals surface area contributed by atoms with E-state index in [4.69, 9.17) is 11.6 Å². The highest BCUT2D eigenvalue weighted by molar-refractivity contribution is 7.80. The molecule has 2 aromatic rings. The Balaban J connectivity index is 2.62. The van der Waals surface area contributed by atoms with Crippen LogP contribution in [0.15, 0.2) is 24.5 Å². The second-order valence-electron chi connectivity index (χ2n) is 2.95. The standard InChI is InChI=1S/C9H9ClN2S/c1-6(13)8-5-12-4-7(10)2-3-9(12)11-8/h2-6,13H,1H3. The minimum Gasteiger partial charge on any atom is -0.305 e. The number of pyridine rings is 1. The van der Waals surface area contributed by atoms with Gasteiger partial charge in [0, 0.05) is 17.6 Å². The number of hydrogen-bond acceptors (Lipinski definition) is 2. The zero-order valence-corrected chi connectivity index (χ0v) is 8.76. The highest BCUT2D eigenvalue weighted by atomic mass is 35.5. The van der Waals surface area contributed by atoms with Gasteiger partial charge in [-0.25, -0.2) is 4.98 Å². The summed E-state index contributed by atoms with van der Waals surface area (Å²) in [6, 6.07) is 3.72. The lowest BCUT2D eigenvalue weighted by Crippen LogP contribution is -1.81. The van der Waals surface area contributed by atoms with Crippen LogP contribution in [-0.2, 0) is 0 Å². The molecule has 4 heteroatoms. The van der Waals surface area contributed by atoms with Crippen molar-refractivity contribution >= 4 is 29.9 Å². The fourth-order valence-electron chi connectivity index (χ4n) is 1.19. The summed E-state index contributed by atoms with van der Waals surface area (Å²) >= 11 is 10.2. The fraction of sp³-hybridized carbons (Fsp3) is 0.222. The van der Waals surface area contributed by atoms with Gasteiger partial charge in [-0.2, -0.15) is 12.6 Å². The molecule has 0 aliphatic carbocycles. The third-order valence-corrected chi connectivity index (χ3v) is 2.35. The normalized spacial score (nSPS) is 13.5. The van der Waals surface area contributed by atoms with Gasteiger partial charge in [0.25, 0.3) is 0 Å². The summed E-state index contributed by atoms with van der Waals surface area (Å²) < 4.78 is 1.91. The van der Waals surface area contributed by atoms with Crippen LogP contribution < -0.4 is 0 Å². The van der Waals surface area contributed by atoms with Crippen molar-refractivity contribution in [1.29, 1.82) is 0 Å². The van der Waals surface area contributed by atoms with Gasteiger partial charge < -0.3 is 4.40 Å². The average molecular weight is 213 g/mol. The van der Waals surface area contributed by atoms with Crippen molar-refractivity contribution in [2.75, 3.05) is 0 Å². The van der Waals surface area contributed by atoms with E-state index in [0.717, 1.165) is 11.3 Å². The number of imidazole rings is 1. The molecule has 0 aliphatic rings. The van der Waals surface area contributed by atoms with Gasteiger partial charge in [-0.05, 0) is 19.1 Å². The van der Waals surface area contributed by atoms with E-state index >= 15 is 0 Å². The third kappa shape index (κ3) is 1.67. The van der Waals surface area contributed by atoms with Gasteiger partial charge in [0.15, 0.2) is 0 Å². The number of hydrogen-bond donors (Lipinski definition) is 1. The van der Waals surface area contributed by atoms with Crippen LogP contribution in [0.3, 0.4) is 0 Å². The lowest BCUT2D eigenvalue weighted by atomic mass is 10.4. The molecular weight excluding hydrogens is 204 g/mol. The first kappa shape index (κ1) is 8.91. The Bertz CT molecular complexity index is 436. The van der Waals surface area contributed by atoms with E-state index in [2.05, 4.69) is 17.6 Å². The molecule has 0 aromatic carbocycles. The molecule has 68 valence electrons. The molecule has 1 atom stereocenters. The molecule has 0 amide bonds. The number of rotatable bonds is 1. The maximum atomic E-state index is 5.84. The van der Waals surface area contributed by atoms with Crippen molar-refractivity contribution in [2.24, 2.45) is 0 Å². The molecule has 0 radical (unpaired) electrons. The molecule has 0 spiro atoms. The minimum absolute atomic E-state index is 0.152. The van der Waals surface area contributed by atoms with E-state index in [9.17, 15) is 0 Å². The Morgan fingerprint density at radius 1 is 1.46 bits per heavy atom. The van der Waals surface area contributed by atoms with E-state index in [1.165, 1.54) is 0 Å². The Hall–Kier alpha value is -0.670. The van der Waals surface area contributed by atoms with Gasteiger partial charge in [-0.3, -0.25) is 0 Å². The van der Waals surface area contributed by atoms with Crippen LogP contribution in [0.1, 0.15) is 17.9 Å². The van der Waals surface area contributed by atoms with Gasteiger partial charge in [0.05, 0.1) is 10.7 Å². The highest BCUT2D eigenvalue weighted by Gasteiger charge is 2.05. The first-order chi connectivity index (χ1) is 6.16. The predicted octanol–water partition coefficient (Wildman–Crippen LogP) is 2.98. The maximum Gasteiger partial charge on any atom is 0.137 e. The van der Waals surface area contributed by atoms with Crippen LogP contribution in [0.25, 0.3) is 5.65 Å². The molecule has 13 heavy (non-hydrogen) atoms. The molecule has 0 fully saturated rings. The summed E-state index contributed by atoms with van der Waals surface area (Å²) in [6.45, 7) is 1.99. The van der Waals surface area contributed by atoms with Crippen LogP contribution >= 0.6 is 24.2 Å². The number of thiol groups is 1. The summed E-state index contributed by atoms with van der Waals surface area (Å²) in [5.74, 6) is 0. The molecular formula is C9H9ClN2S. The lowest BCUT2D eigenvalue weighted by molar-refractivity contribution is 1.04. The van der Waals surface area contributed by atoms with Gasteiger partial charge >= 0.3 is 0 Å². The molecule has 2 aromatic heterocycles. The number of aromatic nitrogens is 2. The molecule has 0 bridgehead atoms. The van der Waals surface area contributed by atoms with Crippen molar-refractivity contribution < 1.29 is 0 Å². The largest absolute Gasteiger partial charge is 0.305 e. The SMILES string of the molecule is CC(S)c1cn2cc(Cl)ccc2n1. The fourth-order valence-corrected chi connectivity index (χ4v) is 1.48. The first-order valence-corrected chi connectivity index (χ1v) is 4.88. The Labute approximate surface area is 87.0 Å². The molecule has 0 saturated carbocycles. The molecule has 2 nitrogen and oxygen atoms in total. The van der Waals surface area contributed by atoms with Crippen molar-refractivity contribution in [2.45, 2.75) is 12.2 Å². The number of fused-ring (bicyclic) bond motifs is 1. The highest BCUT2D eigenvalue weighted by Crippen LogP contribution is 2.19. The zero-order chi connectivity index (χ0) is 9.42. The second kappa shape index (κ2) is 3.24. The van der Waals surface area contributed by atoms with Crippen LogP contribution in [0, 0.1) is 0 Å². The molecule has 2 heterocycles. The number of halogens is 1. The summed E-state index contributed by atoms with van der Waals surface area (Å²) in [7, 11) is 0. The predicted molar refractivity (Wildman–Crippen MR) is 57.6 cm³/mol. The zero-order valence-electron chi connectivity index (χ0n) is 7.11. The summed E-state index contributed by atoms with van der Waals surface area (Å²) in [6.07, 6.45) is 3.78. The molecule has 1 unspecified atom stereocenters. The topological polar surface area (TPSA) is 17.3 Å². The smallest absolute Gasteiger partial charge is 0.137 e. The van der Waals surface area contributed by atoms with Crippen LogP contribution in [0.5, 0.6) is 0 Å². The summed E-state index contributed by atoms with van der Waals surface area (Å²) in [5, 5.41) is 0.863. The quantitative estimate of drug-likeness (QED) is 0.720. The van der Waals surface area contributed by atoms with Crippen LogP contribution in [0.4, 0.5) is 0 Å². The van der Waals surface area contributed by atoms with Crippen molar-refractivity contribution in [3.8, 4) is 0 Å². The monoisotopic (exact) mass is 212 g/mol. The Morgan fingerprint density at radius 3 is 2.92 bits per heavy atom. The molecule has 0 N–H and O–H groups in total. The first-order valence-electron chi connectivity index (χ1n) is 3.99. The van der Waals surface area contributed by atoms with E-state index in [-0.39, 0.29) is 5.25 Å². The van der Waals surface area contributed by atoms with E-state index in [1.54, 1.807) is 0 Å². The van der Waals surface area contributed by atoms with E-state index in [1.807, 2.05) is 35.9 Å². The third-order valence-electron chi connectivity index (χ3n) is 1.86. The Kier molecular flexibility index (Phi) is 2.22. The minimum atomic E-state index is 0.152. The molecule has 2 rings (SSSR count). The van der Waals surface area contributed by atoms with Gasteiger partial charge in [0.2, 0.25) is 0 Å². The van der Waals surface area contributed by atoms with Gasteiger partial charge in [-0.15, -0.1) is 0 Å². The van der Waals surface area contributed by atoms with Gasteiger partial charge in [0.1, 0.15) is 5.65 Å². The maximum absolute atomic E-state index is 5.84. The van der Waals surface area contributed by atoms with Crippen LogP contribution in [0.2, 0.25) is 5.02 Å². The summed E-state index contributed by atoms with van der Waals surface area (Å²) in [4.78, 5) is 4.38. The average Bonchev–Trinajstić information content (AvgIpc) is 2.46. The van der Waals surface area contributed by atoms with E-state index < -0.39 is 0 Å². The summed E-state index contributed by atoms with van der Waals surface area (Å²) in [5.41, 5.74) is 1.87. The number of nitrogens with zero attached hydrogens (tertiary/aromatic N) is 2. The van der Waals surface area contributed by atoms with Crippen molar-refractivity contribution in [1.82, 2.24) is 9.38 Å². The van der Waals surface area contributed by atoms with Crippen LogP contribution in [-0.4, -0.2) is 9.38 Å². The Morgan fingerprint density at radius 2 is 2.23 bits per heavy atom. The molecule has 0 aliphatic heterocycles. The van der Waals surface area contributed by atoms with E-state index in [0.29, 0.717) is 5.02 Å². The van der Waals surface area contributed by atoms with Crippen molar-refractivity contribution in [3.63, 3.8) is 0 Å². The lowest BCUT2D eigenvalue weighted by Gasteiger charge is -1.94.